The number of nitrogens with one attached hydrogen (secondary N) is 2. The Balaban J connectivity index is 0.996. The van der Waals surface area contributed by atoms with Crippen molar-refractivity contribution in [1.29, 1.82) is 0 Å². The van der Waals surface area contributed by atoms with Gasteiger partial charge in [-0.15, -0.1) is 0 Å². The highest BCUT2D eigenvalue weighted by Gasteiger charge is 2.49. The number of benzene rings is 2. The summed E-state index contributed by atoms with van der Waals surface area (Å²) in [6.45, 7) is 5.09. The average Bonchev–Trinajstić information content (AvgIpc) is 4.09. The number of hydrogen-bond acceptors (Lipinski definition) is 16. The Bertz CT molecular complexity index is 2660. The van der Waals surface area contributed by atoms with Gasteiger partial charge in [-0.05, 0) is 43.0 Å². The van der Waals surface area contributed by atoms with E-state index in [0.717, 1.165) is 0 Å². The van der Waals surface area contributed by atoms with E-state index in [2.05, 4.69) is 45.4 Å². The van der Waals surface area contributed by atoms with Gasteiger partial charge >= 0.3 is 6.72 Å². The normalized spacial score (nSPS) is 24.7. The van der Waals surface area contributed by atoms with Crippen LogP contribution in [0.1, 0.15) is 48.4 Å². The summed E-state index contributed by atoms with van der Waals surface area (Å²) in [5, 5.41) is 5.61. The fraction of sp³-hybridized carbons (Fsp3) is 0.375. The lowest BCUT2D eigenvalue weighted by molar-refractivity contribution is -0.0602. The molecule has 2 N–H and O–H groups in total. The summed E-state index contributed by atoms with van der Waals surface area (Å²) in [5.74, 6) is -0.579. The van der Waals surface area contributed by atoms with Gasteiger partial charge in [0.15, 0.2) is 46.4 Å². The molecule has 2 amide bonds. The Morgan fingerprint density at radius 3 is 1.87 bits per heavy atom. The van der Waals surface area contributed by atoms with E-state index >= 15 is 0 Å². The highest BCUT2D eigenvalue weighted by molar-refractivity contribution is 8.07. The SMILES string of the molecule is [2H]C[C@H]1O[C@@H](n2cnc3c(NC(=O)c4ccccc4)ncnc32)[C@@H](OC)C1OP(=S)(OCC[N+]#[C-])OC[C@H]1O[C@@H](n2cnc3c(NC(=O)c4ccccc4)ncnc32)[C@@H](OC)C1C. The fourth-order valence-electron chi connectivity index (χ4n) is 7.32. The molecule has 0 saturated carbocycles. The van der Waals surface area contributed by atoms with Gasteiger partial charge < -0.3 is 43.5 Å². The van der Waals surface area contributed by atoms with Crippen molar-refractivity contribution in [2.24, 2.45) is 5.92 Å². The molecule has 6 aromatic rings. The zero-order valence-electron chi connectivity index (χ0n) is 34.6. The first-order valence-corrected chi connectivity index (χ1v) is 21.9. The number of imidazole rings is 2. The third-order valence-corrected chi connectivity index (χ3v) is 12.8. The molecule has 2 saturated heterocycles. The lowest BCUT2D eigenvalue weighted by atomic mass is 10.0. The van der Waals surface area contributed by atoms with Crippen molar-refractivity contribution >= 4 is 64.3 Å². The summed E-state index contributed by atoms with van der Waals surface area (Å²) in [7, 11) is 3.04. The van der Waals surface area contributed by atoms with E-state index in [1.54, 1.807) is 71.1 Å². The van der Waals surface area contributed by atoms with E-state index in [0.29, 0.717) is 33.5 Å². The molecule has 322 valence electrons. The Morgan fingerprint density at radius 1 is 0.806 bits per heavy atom. The quantitative estimate of drug-likeness (QED) is 0.0725. The highest BCUT2D eigenvalue weighted by atomic mass is 32.5. The van der Waals surface area contributed by atoms with Crippen molar-refractivity contribution in [3.05, 3.63) is 109 Å². The number of anilines is 2. The molecule has 2 aromatic carbocycles. The zero-order chi connectivity index (χ0) is 44.1. The van der Waals surface area contributed by atoms with Gasteiger partial charge in [0.1, 0.15) is 37.6 Å². The molecule has 0 radical (unpaired) electrons. The summed E-state index contributed by atoms with van der Waals surface area (Å²) < 4.78 is 55.5. The van der Waals surface area contributed by atoms with Crippen LogP contribution in [0.4, 0.5) is 11.6 Å². The molecule has 6 heterocycles. The van der Waals surface area contributed by atoms with E-state index in [1.807, 2.05) is 19.1 Å². The molecule has 9 atom stereocenters. The lowest BCUT2D eigenvalue weighted by Crippen LogP contribution is -2.35. The van der Waals surface area contributed by atoms with Crippen molar-refractivity contribution in [2.45, 2.75) is 56.8 Å². The number of aromatic nitrogens is 8. The third kappa shape index (κ3) is 8.70. The number of fused-ring (bicyclic) bond motifs is 2. The summed E-state index contributed by atoms with van der Waals surface area (Å²) in [6, 6.07) is 17.4. The molecule has 22 heteroatoms. The van der Waals surface area contributed by atoms with Gasteiger partial charge in [-0.3, -0.25) is 23.2 Å². The second-order valence-corrected chi connectivity index (χ2v) is 17.1. The van der Waals surface area contributed by atoms with Crippen LogP contribution < -0.4 is 10.6 Å². The van der Waals surface area contributed by atoms with Crippen LogP contribution in [0.5, 0.6) is 0 Å². The Morgan fingerprint density at radius 2 is 1.35 bits per heavy atom. The number of carbonyl (C=O) groups is 2. The van der Waals surface area contributed by atoms with E-state index in [9.17, 15) is 9.59 Å². The van der Waals surface area contributed by atoms with E-state index in [1.165, 1.54) is 26.1 Å². The number of ether oxygens (including phenoxy) is 4. The monoisotopic (exact) mass is 884 g/mol. The molecule has 4 aromatic heterocycles. The van der Waals surface area contributed by atoms with Crippen LogP contribution in [0.25, 0.3) is 27.2 Å². The first-order chi connectivity index (χ1) is 30.7. The predicted octanol–water partition coefficient (Wildman–Crippen LogP) is 5.21. The van der Waals surface area contributed by atoms with E-state index < -0.39 is 49.7 Å². The zero-order valence-corrected chi connectivity index (χ0v) is 35.3. The minimum atomic E-state index is -3.73. The number of amides is 2. The van der Waals surface area contributed by atoms with Gasteiger partial charge in [0.25, 0.3) is 11.8 Å². The minimum absolute atomic E-state index is 0.0120. The van der Waals surface area contributed by atoms with Gasteiger partial charge in [-0.2, -0.15) is 0 Å². The number of methoxy groups -OCH3 is 2. The molecule has 3 unspecified atom stereocenters. The maximum absolute atomic E-state index is 13.0. The second kappa shape index (κ2) is 18.8. The number of rotatable bonds is 16. The Labute approximate surface area is 361 Å². The molecule has 2 aliphatic rings. The number of carbonyl (C=O) groups excluding carboxylic acids is 2. The first kappa shape index (κ1) is 41.7. The predicted molar refractivity (Wildman–Crippen MR) is 226 cm³/mol. The summed E-state index contributed by atoms with van der Waals surface area (Å²) >= 11 is 5.99. The molecule has 2 fully saturated rings. The number of nitrogens with zero attached hydrogens (tertiary/aromatic N) is 9. The van der Waals surface area contributed by atoms with Crippen LogP contribution in [0.3, 0.4) is 0 Å². The molecule has 2 aliphatic heterocycles. The maximum atomic E-state index is 13.0. The second-order valence-electron chi connectivity index (χ2n) is 14.2. The molecular weight excluding hydrogens is 842 g/mol. The Kier molecular flexibility index (Phi) is 12.6. The molecule has 0 aliphatic carbocycles. The lowest BCUT2D eigenvalue weighted by Gasteiger charge is -2.29. The topological polar surface area (TPSA) is 214 Å². The van der Waals surface area contributed by atoms with Crippen molar-refractivity contribution < 1.29 is 43.5 Å². The van der Waals surface area contributed by atoms with Crippen molar-refractivity contribution in [2.75, 3.05) is 44.6 Å². The smallest absolute Gasteiger partial charge is 0.327 e. The molecule has 20 nitrogen and oxygen atoms in total. The standard InChI is InChI=1S/C40H42N11O9PS/c1-23-27(59-39(30(23)54-4)50-21-46-28-33(42-19-44-35(28)50)48-37(52)25-12-8-6-9-13-25)18-57-61(62,56-17-16-41-3)60-31-24(2)58-40(32(31)55-5)51-22-47-29-34(43-20-45-36(29)51)49-38(53)26-14-10-7-11-15-26/h6-15,19-24,27,30-32,39-40H,16-18H2,1-2,4-5H3,(H,42,44,48,52)(H,43,45,49,53)/t23?,24-,27-,30+,31?,32+,39-,40-,61?/m1/s1/i2D. The largest absolute Gasteiger partial charge is 0.376 e. The van der Waals surface area contributed by atoms with Crippen LogP contribution in [0, 0.1) is 12.5 Å². The van der Waals surface area contributed by atoms with Crippen LogP contribution in [-0.4, -0.2) is 115 Å². The molecule has 0 bridgehead atoms. The highest BCUT2D eigenvalue weighted by Crippen LogP contribution is 2.55. The average molecular weight is 885 g/mol. The summed E-state index contributed by atoms with van der Waals surface area (Å²) in [6.07, 6.45) is 0.145. The van der Waals surface area contributed by atoms with Crippen molar-refractivity contribution in [3.63, 3.8) is 0 Å². The van der Waals surface area contributed by atoms with Gasteiger partial charge in [-0.25, -0.2) is 36.5 Å². The molecule has 62 heavy (non-hydrogen) atoms. The van der Waals surface area contributed by atoms with Crippen LogP contribution in [0.2, 0.25) is 0 Å². The summed E-state index contributed by atoms with van der Waals surface area (Å²) in [4.78, 5) is 55.8. The first-order valence-electron chi connectivity index (χ1n) is 20.0. The minimum Gasteiger partial charge on any atom is -0.376 e. The Hall–Kier alpha value is -5.66. The fourth-order valence-corrected chi connectivity index (χ4v) is 9.40. The van der Waals surface area contributed by atoms with Crippen LogP contribution in [-0.2, 0) is 44.3 Å². The summed E-state index contributed by atoms with van der Waals surface area (Å²) in [5.41, 5.74) is 2.27. The van der Waals surface area contributed by atoms with Gasteiger partial charge in [0, 0.05) is 32.6 Å². The van der Waals surface area contributed by atoms with E-state index in [-0.39, 0.29) is 56.0 Å². The number of hydrogen-bond donors (Lipinski definition) is 2. The maximum Gasteiger partial charge on any atom is 0.327 e. The van der Waals surface area contributed by atoms with E-state index in [4.69, 9.17) is 52.3 Å². The molecule has 8 rings (SSSR count). The van der Waals surface area contributed by atoms with Crippen molar-refractivity contribution in [3.8, 4) is 0 Å². The molecular formula is C40H42N11O9PS. The van der Waals surface area contributed by atoms with Gasteiger partial charge in [0.2, 0.25) is 6.54 Å². The third-order valence-electron chi connectivity index (χ3n) is 10.4. The van der Waals surface area contributed by atoms with Crippen LogP contribution >= 0.6 is 6.72 Å². The van der Waals surface area contributed by atoms with Gasteiger partial charge in [-0.1, -0.05) is 43.3 Å². The van der Waals surface area contributed by atoms with Crippen LogP contribution in [0.15, 0.2) is 86.0 Å². The molecule has 0 spiro atoms. The van der Waals surface area contributed by atoms with Gasteiger partial charge in [0.05, 0.1) is 31.5 Å². The van der Waals surface area contributed by atoms with Crippen molar-refractivity contribution in [1.82, 2.24) is 39.0 Å².